The number of phosphoric acid groups is 2. The molecule has 0 aliphatic rings. The zero-order valence-corrected chi connectivity index (χ0v) is 55.8. The van der Waals surface area contributed by atoms with Gasteiger partial charge in [-0.1, -0.05) is 279 Å². The lowest BCUT2D eigenvalue weighted by Crippen LogP contribution is -2.30. The number of carbonyl (C=O) groups excluding carboxylic acids is 4. The van der Waals surface area contributed by atoms with Crippen LogP contribution in [-0.2, 0) is 65.4 Å². The van der Waals surface area contributed by atoms with Crippen molar-refractivity contribution in [2.45, 2.75) is 348 Å². The van der Waals surface area contributed by atoms with E-state index in [0.29, 0.717) is 25.7 Å². The van der Waals surface area contributed by atoms with E-state index in [1.807, 2.05) is 0 Å². The summed E-state index contributed by atoms with van der Waals surface area (Å²) in [5.41, 5.74) is 0. The number of ether oxygens (including phenoxy) is 4. The van der Waals surface area contributed by atoms with Gasteiger partial charge in [-0.05, 0) is 31.6 Å². The van der Waals surface area contributed by atoms with E-state index in [9.17, 15) is 43.2 Å². The maximum Gasteiger partial charge on any atom is 0.472 e. The average Bonchev–Trinajstić information content (AvgIpc) is 3.60. The molecule has 0 aromatic carbocycles. The van der Waals surface area contributed by atoms with E-state index in [2.05, 4.69) is 34.6 Å². The minimum atomic E-state index is -4.94. The molecule has 0 aromatic rings. The Bertz CT molecular complexity index is 1640. The van der Waals surface area contributed by atoms with Gasteiger partial charge in [-0.2, -0.15) is 0 Å². The number of phosphoric ester groups is 2. The number of hydrogen-bond acceptors (Lipinski definition) is 15. The number of rotatable bonds is 65. The zero-order valence-electron chi connectivity index (χ0n) is 54.0. The molecule has 17 nitrogen and oxygen atoms in total. The molecule has 19 heteroatoms. The Morgan fingerprint density at radius 2 is 0.548 bits per heavy atom. The van der Waals surface area contributed by atoms with Crippen molar-refractivity contribution in [2.24, 2.45) is 5.92 Å². The van der Waals surface area contributed by atoms with Crippen LogP contribution in [0.15, 0.2) is 0 Å². The van der Waals surface area contributed by atoms with Crippen molar-refractivity contribution in [3.8, 4) is 0 Å². The predicted octanol–water partition coefficient (Wildman–Crippen LogP) is 18.2. The minimum absolute atomic E-state index is 0.106. The van der Waals surface area contributed by atoms with Crippen molar-refractivity contribution in [1.29, 1.82) is 0 Å². The van der Waals surface area contributed by atoms with Crippen LogP contribution in [0.5, 0.6) is 0 Å². The Balaban J connectivity index is 5.17. The van der Waals surface area contributed by atoms with Crippen LogP contribution in [0.3, 0.4) is 0 Å². The first-order valence-electron chi connectivity index (χ1n) is 34.1. The van der Waals surface area contributed by atoms with Gasteiger partial charge in [0.05, 0.1) is 26.4 Å². The number of hydrogen-bond donors (Lipinski definition) is 3. The molecule has 2 unspecified atom stereocenters. The van der Waals surface area contributed by atoms with Crippen molar-refractivity contribution in [1.82, 2.24) is 0 Å². The number of unbranched alkanes of at least 4 members (excludes halogenated alkanes) is 37. The number of aliphatic hydroxyl groups excluding tert-OH is 1. The monoisotopic (exact) mass is 1240 g/mol. The molecule has 0 saturated heterocycles. The fourth-order valence-electron chi connectivity index (χ4n) is 9.76. The first kappa shape index (κ1) is 82.1. The minimum Gasteiger partial charge on any atom is -0.462 e. The molecule has 0 saturated carbocycles. The zero-order chi connectivity index (χ0) is 62.0. The van der Waals surface area contributed by atoms with E-state index in [-0.39, 0.29) is 25.7 Å². The van der Waals surface area contributed by atoms with E-state index < -0.39 is 97.5 Å². The summed E-state index contributed by atoms with van der Waals surface area (Å²) in [4.78, 5) is 72.0. The van der Waals surface area contributed by atoms with Crippen LogP contribution < -0.4 is 0 Å². The molecule has 0 amide bonds. The SMILES string of the molecule is CCCCCCCCCCCCCCCCCC(=O)O[C@H](COC(=O)CCCCCCCCCCCC(C)C)COP(=O)(O)OC[C@@H](O)COP(=O)(O)OC[C@@H](COC(=O)CCCCCCC)OC(=O)CCCCCCCCCCCCCC. The third kappa shape index (κ3) is 59.0. The van der Waals surface area contributed by atoms with Gasteiger partial charge in [0.15, 0.2) is 12.2 Å². The van der Waals surface area contributed by atoms with Gasteiger partial charge in [-0.25, -0.2) is 9.13 Å². The lowest BCUT2D eigenvalue weighted by molar-refractivity contribution is -0.161. The molecule has 0 aliphatic heterocycles. The molecule has 498 valence electrons. The Labute approximate surface area is 511 Å². The van der Waals surface area contributed by atoms with Crippen molar-refractivity contribution in [2.75, 3.05) is 39.6 Å². The molecular formula is C65H126O17P2. The standard InChI is InChI=1S/C65H126O17P2/c1-6-9-12-15-17-19-21-23-24-25-27-31-36-41-46-51-65(70)82-61(55-76-63(68)49-44-39-34-32-28-29-33-38-42-47-58(4)5)57-80-84(73,74)78-53-59(66)52-77-83(71,72)79-56-60(54-75-62(67)48-43-37-14-11-8-3)81-64(69)50-45-40-35-30-26-22-20-18-16-13-10-7-2/h58-61,66H,6-57H2,1-5H3,(H,71,72)(H,73,74)/t59-,60+,61+/m0/s1. The Kier molecular flexibility index (Phi) is 57.4. The third-order valence-corrected chi connectivity index (χ3v) is 16.9. The topological polar surface area (TPSA) is 237 Å². The predicted molar refractivity (Wildman–Crippen MR) is 335 cm³/mol. The summed E-state index contributed by atoms with van der Waals surface area (Å²) in [6.07, 6.45) is 43.3. The lowest BCUT2D eigenvalue weighted by Gasteiger charge is -2.21. The number of esters is 4. The molecule has 0 aliphatic carbocycles. The van der Waals surface area contributed by atoms with Crippen molar-refractivity contribution in [3.05, 3.63) is 0 Å². The maximum atomic E-state index is 13.0. The number of aliphatic hydroxyl groups is 1. The van der Waals surface area contributed by atoms with Crippen LogP contribution in [0.25, 0.3) is 0 Å². The molecule has 0 rings (SSSR count). The second-order valence-corrected chi connectivity index (χ2v) is 26.9. The molecule has 0 aromatic heterocycles. The molecule has 5 atom stereocenters. The summed E-state index contributed by atoms with van der Waals surface area (Å²) in [6.45, 7) is 7.11. The van der Waals surface area contributed by atoms with E-state index in [4.69, 9.17) is 37.0 Å². The summed E-state index contributed by atoms with van der Waals surface area (Å²) < 4.78 is 67.9. The fraction of sp³-hybridized carbons (Fsp3) is 0.938. The maximum absolute atomic E-state index is 13.0. The third-order valence-electron chi connectivity index (χ3n) is 15.0. The largest absolute Gasteiger partial charge is 0.472 e. The Morgan fingerprint density at radius 1 is 0.321 bits per heavy atom. The van der Waals surface area contributed by atoms with Crippen LogP contribution in [0.2, 0.25) is 0 Å². The van der Waals surface area contributed by atoms with Crippen LogP contribution in [-0.4, -0.2) is 96.7 Å². The van der Waals surface area contributed by atoms with Gasteiger partial charge in [0, 0.05) is 25.7 Å². The van der Waals surface area contributed by atoms with Gasteiger partial charge in [0.25, 0.3) is 0 Å². The van der Waals surface area contributed by atoms with E-state index >= 15 is 0 Å². The lowest BCUT2D eigenvalue weighted by atomic mass is 10.0. The van der Waals surface area contributed by atoms with Gasteiger partial charge >= 0.3 is 39.5 Å². The van der Waals surface area contributed by atoms with Gasteiger partial charge < -0.3 is 33.8 Å². The fourth-order valence-corrected chi connectivity index (χ4v) is 11.3. The summed E-state index contributed by atoms with van der Waals surface area (Å²) in [5.74, 6) is -1.40. The quantitative estimate of drug-likeness (QED) is 0.0222. The summed E-state index contributed by atoms with van der Waals surface area (Å²) in [6, 6.07) is 0. The highest BCUT2D eigenvalue weighted by Gasteiger charge is 2.30. The molecule has 0 radical (unpaired) electrons. The number of carbonyl (C=O) groups is 4. The first-order valence-corrected chi connectivity index (χ1v) is 37.1. The van der Waals surface area contributed by atoms with E-state index in [1.54, 1.807) is 0 Å². The average molecular weight is 1240 g/mol. The Hall–Kier alpha value is -1.94. The van der Waals surface area contributed by atoms with Gasteiger partial charge in [-0.3, -0.25) is 37.3 Å². The van der Waals surface area contributed by atoms with E-state index in [1.165, 1.54) is 148 Å². The molecule has 84 heavy (non-hydrogen) atoms. The molecule has 3 N–H and O–H groups in total. The molecular weight excluding hydrogens is 1110 g/mol. The summed E-state index contributed by atoms with van der Waals surface area (Å²) in [7, 11) is -9.88. The van der Waals surface area contributed by atoms with Crippen LogP contribution in [0, 0.1) is 5.92 Å². The van der Waals surface area contributed by atoms with Crippen molar-refractivity contribution in [3.63, 3.8) is 0 Å². The Morgan fingerprint density at radius 3 is 0.810 bits per heavy atom. The highest BCUT2D eigenvalue weighted by atomic mass is 31.2. The highest BCUT2D eigenvalue weighted by Crippen LogP contribution is 2.45. The summed E-state index contributed by atoms with van der Waals surface area (Å²) in [5, 5.41) is 10.5. The molecule has 0 spiro atoms. The van der Waals surface area contributed by atoms with Crippen LogP contribution in [0.1, 0.15) is 330 Å². The molecule has 0 bridgehead atoms. The second-order valence-electron chi connectivity index (χ2n) is 24.0. The van der Waals surface area contributed by atoms with Gasteiger partial charge in [0.2, 0.25) is 0 Å². The smallest absolute Gasteiger partial charge is 0.462 e. The second kappa shape index (κ2) is 58.7. The van der Waals surface area contributed by atoms with Crippen molar-refractivity contribution < 1.29 is 80.2 Å². The summed E-state index contributed by atoms with van der Waals surface area (Å²) >= 11 is 0. The van der Waals surface area contributed by atoms with Crippen LogP contribution in [0.4, 0.5) is 0 Å². The van der Waals surface area contributed by atoms with Crippen molar-refractivity contribution >= 4 is 39.5 Å². The molecule has 0 fully saturated rings. The molecule has 0 heterocycles. The normalized spacial score (nSPS) is 14.2. The van der Waals surface area contributed by atoms with E-state index in [0.717, 1.165) is 102 Å². The highest BCUT2D eigenvalue weighted by molar-refractivity contribution is 7.47. The van der Waals surface area contributed by atoms with Crippen LogP contribution >= 0.6 is 15.6 Å². The first-order chi connectivity index (χ1) is 40.5. The van der Waals surface area contributed by atoms with Gasteiger partial charge in [0.1, 0.15) is 19.3 Å². The van der Waals surface area contributed by atoms with Gasteiger partial charge in [-0.15, -0.1) is 0 Å².